The van der Waals surface area contributed by atoms with E-state index in [1.54, 1.807) is 0 Å². The van der Waals surface area contributed by atoms with E-state index in [1.807, 2.05) is 0 Å². The van der Waals surface area contributed by atoms with E-state index in [1.165, 1.54) is 18.8 Å². The van der Waals surface area contributed by atoms with Crippen LogP contribution in [0.2, 0.25) is 0 Å². The molecule has 0 unspecified atom stereocenters. The summed E-state index contributed by atoms with van der Waals surface area (Å²) in [5.41, 5.74) is 1.73. The summed E-state index contributed by atoms with van der Waals surface area (Å²) in [6, 6.07) is 8.64. The molecule has 0 saturated heterocycles. The summed E-state index contributed by atoms with van der Waals surface area (Å²) >= 11 is 0. The summed E-state index contributed by atoms with van der Waals surface area (Å²) in [5.74, 6) is 2.27. The third-order valence-corrected chi connectivity index (χ3v) is 3.22. The van der Waals surface area contributed by atoms with E-state index in [2.05, 4.69) is 55.5 Å². The number of benzene rings is 1. The van der Waals surface area contributed by atoms with Crippen molar-refractivity contribution in [3.05, 3.63) is 30.2 Å². The SMILES string of the molecule is CC(C)(C)Cn1cpc2ccccc21. The van der Waals surface area contributed by atoms with Gasteiger partial charge in [0.05, 0.1) is 5.52 Å². The van der Waals surface area contributed by atoms with Crippen molar-refractivity contribution in [1.29, 1.82) is 0 Å². The minimum Gasteiger partial charge on any atom is -0.342 e. The van der Waals surface area contributed by atoms with Gasteiger partial charge >= 0.3 is 0 Å². The number of hydrogen-bond acceptors (Lipinski definition) is 0. The molecule has 2 rings (SSSR count). The molecule has 1 aromatic heterocycles. The molecule has 0 aliphatic carbocycles. The van der Waals surface area contributed by atoms with Gasteiger partial charge in [-0.3, -0.25) is 0 Å². The first-order valence-corrected chi connectivity index (χ1v) is 5.92. The lowest BCUT2D eigenvalue weighted by Gasteiger charge is -2.19. The Labute approximate surface area is 86.9 Å². The van der Waals surface area contributed by atoms with E-state index in [4.69, 9.17) is 0 Å². The molecule has 1 aromatic carbocycles. The molecule has 1 nitrogen and oxygen atoms in total. The molecule has 0 spiro atoms. The normalized spacial score (nSPS) is 12.8. The van der Waals surface area contributed by atoms with Crippen molar-refractivity contribution in [2.75, 3.05) is 0 Å². The number of hydrogen-bond donors (Lipinski definition) is 0. The van der Waals surface area contributed by atoms with Gasteiger partial charge in [0.25, 0.3) is 0 Å². The van der Waals surface area contributed by atoms with Crippen LogP contribution in [0, 0.1) is 5.41 Å². The van der Waals surface area contributed by atoms with Crippen molar-refractivity contribution < 1.29 is 0 Å². The predicted octanol–water partition coefficient (Wildman–Crippen LogP) is 4.27. The smallest absolute Gasteiger partial charge is 0.0529 e. The van der Waals surface area contributed by atoms with Crippen LogP contribution >= 0.6 is 8.19 Å². The lowest BCUT2D eigenvalue weighted by Crippen LogP contribution is -2.14. The maximum Gasteiger partial charge on any atom is 0.0529 e. The second-order valence-electron chi connectivity index (χ2n) is 4.92. The molecular formula is C12H16NP. The topological polar surface area (TPSA) is 4.93 Å². The van der Waals surface area contributed by atoms with Gasteiger partial charge in [0.2, 0.25) is 0 Å². The van der Waals surface area contributed by atoms with Crippen LogP contribution in [0.4, 0.5) is 0 Å². The molecule has 0 saturated carbocycles. The minimum absolute atomic E-state index is 0.351. The van der Waals surface area contributed by atoms with E-state index in [0.717, 1.165) is 6.54 Å². The molecule has 0 atom stereocenters. The molecule has 14 heavy (non-hydrogen) atoms. The Morgan fingerprint density at radius 3 is 2.64 bits per heavy atom. The van der Waals surface area contributed by atoms with Crippen LogP contribution in [-0.2, 0) is 6.54 Å². The van der Waals surface area contributed by atoms with Gasteiger partial charge in [-0.2, -0.15) is 0 Å². The van der Waals surface area contributed by atoms with Gasteiger partial charge in [-0.25, -0.2) is 0 Å². The fraction of sp³-hybridized carbons (Fsp3) is 0.417. The van der Waals surface area contributed by atoms with E-state index in [-0.39, 0.29) is 0 Å². The highest BCUT2D eigenvalue weighted by Gasteiger charge is 2.12. The number of fused-ring (bicyclic) bond motifs is 1. The number of para-hydroxylation sites is 1. The molecule has 74 valence electrons. The first kappa shape index (κ1) is 9.73. The van der Waals surface area contributed by atoms with Crippen molar-refractivity contribution >= 4 is 18.8 Å². The lowest BCUT2D eigenvalue weighted by molar-refractivity contribution is 0.350. The van der Waals surface area contributed by atoms with E-state index >= 15 is 0 Å². The van der Waals surface area contributed by atoms with Gasteiger partial charge < -0.3 is 4.57 Å². The molecule has 0 amide bonds. The highest BCUT2D eigenvalue weighted by molar-refractivity contribution is 7.36. The van der Waals surface area contributed by atoms with Crippen LogP contribution in [0.15, 0.2) is 30.2 Å². The molecular weight excluding hydrogens is 189 g/mol. The van der Waals surface area contributed by atoms with Gasteiger partial charge in [0, 0.05) is 17.6 Å². The quantitative estimate of drug-likeness (QED) is 0.655. The summed E-state index contributed by atoms with van der Waals surface area (Å²) in [5, 5.41) is 1.43. The number of rotatable bonds is 1. The van der Waals surface area contributed by atoms with Crippen molar-refractivity contribution in [3.63, 3.8) is 0 Å². The Morgan fingerprint density at radius 2 is 1.93 bits per heavy atom. The standard InChI is InChI=1S/C12H16NP/c1-12(2,3)8-13-9-14-11-7-5-4-6-10(11)13/h4-7,9H,8H2,1-3H3. The van der Waals surface area contributed by atoms with Crippen molar-refractivity contribution in [3.8, 4) is 0 Å². The third kappa shape index (κ3) is 1.99. The van der Waals surface area contributed by atoms with E-state index < -0.39 is 0 Å². The highest BCUT2D eigenvalue weighted by atomic mass is 31.0. The van der Waals surface area contributed by atoms with Crippen LogP contribution in [0.3, 0.4) is 0 Å². The summed E-state index contributed by atoms with van der Waals surface area (Å²) in [4.78, 5) is 0. The summed E-state index contributed by atoms with van der Waals surface area (Å²) in [6.45, 7) is 7.92. The van der Waals surface area contributed by atoms with Crippen LogP contribution in [0.5, 0.6) is 0 Å². The van der Waals surface area contributed by atoms with Crippen LogP contribution in [-0.4, -0.2) is 4.57 Å². The summed E-state index contributed by atoms with van der Waals surface area (Å²) in [6.07, 6.45) is 0. The fourth-order valence-corrected chi connectivity index (χ4v) is 2.62. The predicted molar refractivity (Wildman–Crippen MR) is 63.9 cm³/mol. The second-order valence-corrected chi connectivity index (χ2v) is 5.89. The monoisotopic (exact) mass is 205 g/mol. The van der Waals surface area contributed by atoms with Crippen molar-refractivity contribution in [2.45, 2.75) is 27.3 Å². The van der Waals surface area contributed by atoms with E-state index in [9.17, 15) is 0 Å². The molecule has 1 heterocycles. The van der Waals surface area contributed by atoms with Gasteiger partial charge in [0.1, 0.15) is 0 Å². The zero-order chi connectivity index (χ0) is 10.2. The van der Waals surface area contributed by atoms with Crippen molar-refractivity contribution in [2.24, 2.45) is 5.41 Å². The highest BCUT2D eigenvalue weighted by Crippen LogP contribution is 2.27. The lowest BCUT2D eigenvalue weighted by atomic mass is 9.97. The Bertz CT molecular complexity index is 437. The van der Waals surface area contributed by atoms with Crippen molar-refractivity contribution in [1.82, 2.24) is 4.57 Å². The Kier molecular flexibility index (Phi) is 2.36. The Hall–Kier alpha value is -0.810. The Balaban J connectivity index is 2.44. The second kappa shape index (κ2) is 3.40. The number of nitrogens with zero attached hydrogens (tertiary/aromatic N) is 1. The summed E-state index contributed by atoms with van der Waals surface area (Å²) in [7, 11) is 1.33. The molecule has 2 heteroatoms. The van der Waals surface area contributed by atoms with Crippen LogP contribution < -0.4 is 0 Å². The van der Waals surface area contributed by atoms with E-state index in [0.29, 0.717) is 5.41 Å². The first-order chi connectivity index (χ1) is 6.56. The van der Waals surface area contributed by atoms with Gasteiger partial charge in [0.15, 0.2) is 0 Å². The van der Waals surface area contributed by atoms with Crippen LogP contribution in [0.1, 0.15) is 20.8 Å². The molecule has 0 aliphatic heterocycles. The average Bonchev–Trinajstić information content (AvgIpc) is 2.47. The van der Waals surface area contributed by atoms with Gasteiger partial charge in [-0.15, -0.1) is 0 Å². The maximum absolute atomic E-state index is 2.37. The summed E-state index contributed by atoms with van der Waals surface area (Å²) < 4.78 is 2.37. The Morgan fingerprint density at radius 1 is 1.21 bits per heavy atom. The van der Waals surface area contributed by atoms with Crippen LogP contribution in [0.25, 0.3) is 10.6 Å². The average molecular weight is 205 g/mol. The molecule has 0 radical (unpaired) electrons. The molecule has 0 fully saturated rings. The number of aromatic nitrogens is 1. The molecule has 2 aromatic rings. The molecule has 0 N–H and O–H groups in total. The van der Waals surface area contributed by atoms with Gasteiger partial charge in [-0.1, -0.05) is 32.9 Å². The fourth-order valence-electron chi connectivity index (χ4n) is 1.65. The molecule has 0 bridgehead atoms. The zero-order valence-corrected chi connectivity index (χ0v) is 9.88. The largest absolute Gasteiger partial charge is 0.342 e. The minimum atomic E-state index is 0.351. The third-order valence-electron chi connectivity index (χ3n) is 2.17. The zero-order valence-electron chi connectivity index (χ0n) is 8.99. The maximum atomic E-state index is 2.37. The first-order valence-electron chi connectivity index (χ1n) is 4.96. The molecule has 0 aliphatic rings. The van der Waals surface area contributed by atoms with Gasteiger partial charge in [-0.05, 0) is 25.7 Å².